The molecule has 15 heavy (non-hydrogen) atoms. The highest BCUT2D eigenvalue weighted by molar-refractivity contribution is 7.81. The summed E-state index contributed by atoms with van der Waals surface area (Å²) in [6.07, 6.45) is 0.509. The van der Waals surface area contributed by atoms with Gasteiger partial charge in [-0.05, 0) is 6.42 Å². The molecule has 0 saturated carbocycles. The van der Waals surface area contributed by atoms with Crippen molar-refractivity contribution in [2.75, 3.05) is 26.3 Å². The molecule has 0 aromatic heterocycles. The van der Waals surface area contributed by atoms with Crippen molar-refractivity contribution >= 4 is 24.5 Å². The van der Waals surface area contributed by atoms with Gasteiger partial charge in [-0.15, -0.1) is 0 Å². The Morgan fingerprint density at radius 1 is 1.40 bits per heavy atom. The molecule has 1 rings (SSSR count). The molecule has 0 aromatic carbocycles. The van der Waals surface area contributed by atoms with Gasteiger partial charge in [0.15, 0.2) is 0 Å². The summed E-state index contributed by atoms with van der Waals surface area (Å²) in [4.78, 5) is 23.7. The molecule has 1 heterocycles. The van der Waals surface area contributed by atoms with Crippen LogP contribution in [0.5, 0.6) is 0 Å². The van der Waals surface area contributed by atoms with Crippen LogP contribution in [0.2, 0.25) is 0 Å². The molecule has 0 bridgehead atoms. The normalized spacial score (nSPS) is 18.6. The molecule has 6 heteroatoms. The molecule has 1 aliphatic heterocycles. The maximum Gasteiger partial charge on any atom is 0.316 e. The van der Waals surface area contributed by atoms with E-state index in [1.54, 1.807) is 4.90 Å². The van der Waals surface area contributed by atoms with Crippen molar-refractivity contribution in [2.24, 2.45) is 0 Å². The monoisotopic (exact) mass is 233 g/mol. The second-order valence-corrected chi connectivity index (χ2v) is 4.01. The van der Waals surface area contributed by atoms with Crippen LogP contribution in [-0.4, -0.2) is 53.4 Å². The smallest absolute Gasteiger partial charge is 0.316 e. The standard InChI is InChI=1S/C9H15NO4S/c11-8(2-1-7(15)9(12)13)10-3-5-14-6-4-10/h7,15H,1-6H2,(H,12,13). The molecule has 0 aliphatic carbocycles. The molecule has 1 aliphatic rings. The third-order valence-electron chi connectivity index (χ3n) is 2.28. The number of hydrogen-bond acceptors (Lipinski definition) is 4. The topological polar surface area (TPSA) is 66.8 Å². The lowest BCUT2D eigenvalue weighted by molar-refractivity contribution is -0.137. The summed E-state index contributed by atoms with van der Waals surface area (Å²) in [5, 5.41) is 7.83. The van der Waals surface area contributed by atoms with E-state index in [1.165, 1.54) is 0 Å². The summed E-state index contributed by atoms with van der Waals surface area (Å²) in [6.45, 7) is 2.33. The molecule has 5 nitrogen and oxygen atoms in total. The van der Waals surface area contributed by atoms with Gasteiger partial charge < -0.3 is 14.7 Å². The summed E-state index contributed by atoms with van der Waals surface area (Å²) in [5.41, 5.74) is 0. The molecule has 0 aromatic rings. The number of carbonyl (C=O) groups is 2. The molecular formula is C9H15NO4S. The second kappa shape index (κ2) is 5.97. The predicted molar refractivity (Wildman–Crippen MR) is 57.0 cm³/mol. The van der Waals surface area contributed by atoms with Gasteiger partial charge >= 0.3 is 5.97 Å². The lowest BCUT2D eigenvalue weighted by atomic mass is 10.2. The maximum atomic E-state index is 11.6. The summed E-state index contributed by atoms with van der Waals surface area (Å²) >= 11 is 3.87. The number of hydrogen-bond donors (Lipinski definition) is 2. The molecule has 0 radical (unpaired) electrons. The Bertz CT molecular complexity index is 240. The highest BCUT2D eigenvalue weighted by Gasteiger charge is 2.19. The quantitative estimate of drug-likeness (QED) is 0.671. The van der Waals surface area contributed by atoms with Crippen molar-refractivity contribution in [1.29, 1.82) is 0 Å². The molecule has 1 saturated heterocycles. The Labute approximate surface area is 93.8 Å². The minimum absolute atomic E-state index is 0.0152. The molecule has 1 fully saturated rings. The van der Waals surface area contributed by atoms with Crippen LogP contribution < -0.4 is 0 Å². The van der Waals surface area contributed by atoms with E-state index in [4.69, 9.17) is 9.84 Å². The van der Waals surface area contributed by atoms with Gasteiger partial charge in [-0.2, -0.15) is 12.6 Å². The van der Waals surface area contributed by atoms with Crippen molar-refractivity contribution in [2.45, 2.75) is 18.1 Å². The number of rotatable bonds is 4. The maximum absolute atomic E-state index is 11.6. The van der Waals surface area contributed by atoms with Gasteiger partial charge in [0.05, 0.1) is 18.5 Å². The molecular weight excluding hydrogens is 218 g/mol. The lowest BCUT2D eigenvalue weighted by Crippen LogP contribution is -2.40. The lowest BCUT2D eigenvalue weighted by Gasteiger charge is -2.27. The number of thiol groups is 1. The van der Waals surface area contributed by atoms with Crippen LogP contribution in [0.25, 0.3) is 0 Å². The molecule has 86 valence electrons. The number of nitrogens with zero attached hydrogens (tertiary/aromatic N) is 1. The zero-order valence-corrected chi connectivity index (χ0v) is 9.28. The average molecular weight is 233 g/mol. The summed E-state index contributed by atoms with van der Waals surface area (Å²) in [7, 11) is 0. The first-order valence-corrected chi connectivity index (χ1v) is 5.39. The van der Waals surface area contributed by atoms with Crippen LogP contribution in [-0.2, 0) is 14.3 Å². The van der Waals surface area contributed by atoms with Crippen LogP contribution in [0.1, 0.15) is 12.8 Å². The Kier molecular flexibility index (Phi) is 4.90. The number of amides is 1. The summed E-state index contributed by atoms with van der Waals surface area (Å²) < 4.78 is 5.11. The first kappa shape index (κ1) is 12.3. The second-order valence-electron chi connectivity index (χ2n) is 3.39. The summed E-state index contributed by atoms with van der Waals surface area (Å²) in [5.74, 6) is -0.994. The van der Waals surface area contributed by atoms with Crippen molar-refractivity contribution in [3.63, 3.8) is 0 Å². The average Bonchev–Trinajstić information content (AvgIpc) is 2.26. The molecule has 0 spiro atoms. The van der Waals surface area contributed by atoms with Gasteiger partial charge in [0.2, 0.25) is 5.91 Å². The fourth-order valence-electron chi connectivity index (χ4n) is 1.35. The van der Waals surface area contributed by atoms with Crippen molar-refractivity contribution in [3.05, 3.63) is 0 Å². The van der Waals surface area contributed by atoms with Gasteiger partial charge in [0.1, 0.15) is 0 Å². The van der Waals surface area contributed by atoms with Gasteiger partial charge in [0.25, 0.3) is 0 Å². The highest BCUT2D eigenvalue weighted by atomic mass is 32.1. The zero-order chi connectivity index (χ0) is 11.3. The van der Waals surface area contributed by atoms with Crippen molar-refractivity contribution in [1.82, 2.24) is 4.90 Å². The van der Waals surface area contributed by atoms with Crippen LogP contribution in [0, 0.1) is 0 Å². The van der Waals surface area contributed by atoms with Crippen LogP contribution in [0.15, 0.2) is 0 Å². The van der Waals surface area contributed by atoms with Crippen molar-refractivity contribution in [3.8, 4) is 0 Å². The largest absolute Gasteiger partial charge is 0.480 e. The van der Waals surface area contributed by atoms with Gasteiger partial charge in [-0.3, -0.25) is 9.59 Å². The van der Waals surface area contributed by atoms with Crippen LogP contribution in [0.4, 0.5) is 0 Å². The molecule has 1 atom stereocenters. The highest BCUT2D eigenvalue weighted by Crippen LogP contribution is 2.08. The van der Waals surface area contributed by atoms with E-state index < -0.39 is 11.2 Å². The number of ether oxygens (including phenoxy) is 1. The third kappa shape index (κ3) is 4.09. The predicted octanol–water partition coefficient (Wildman–Crippen LogP) is 0.00840. The Morgan fingerprint density at radius 2 is 2.00 bits per heavy atom. The number of carboxylic acids is 1. The number of carboxylic acid groups (broad SMARTS) is 1. The first-order chi connectivity index (χ1) is 7.11. The molecule has 1 unspecified atom stereocenters. The van der Waals surface area contributed by atoms with Gasteiger partial charge in [-0.25, -0.2) is 0 Å². The van der Waals surface area contributed by atoms with Gasteiger partial charge in [-0.1, -0.05) is 0 Å². The van der Waals surface area contributed by atoms with E-state index in [9.17, 15) is 9.59 Å². The van der Waals surface area contributed by atoms with E-state index in [1.807, 2.05) is 0 Å². The van der Waals surface area contributed by atoms with Gasteiger partial charge in [0, 0.05) is 19.5 Å². The minimum atomic E-state index is -0.979. The van der Waals surface area contributed by atoms with E-state index >= 15 is 0 Å². The minimum Gasteiger partial charge on any atom is -0.480 e. The number of carbonyl (C=O) groups excluding carboxylic acids is 1. The SMILES string of the molecule is O=C(O)C(S)CCC(=O)N1CCOCC1. The number of morpholine rings is 1. The summed E-state index contributed by atoms with van der Waals surface area (Å²) in [6, 6.07) is 0. The van der Waals surface area contributed by atoms with E-state index in [0.717, 1.165) is 0 Å². The van der Waals surface area contributed by atoms with Crippen molar-refractivity contribution < 1.29 is 19.4 Å². The van der Waals surface area contributed by atoms with E-state index in [2.05, 4.69) is 12.6 Å². The number of aliphatic carboxylic acids is 1. The fraction of sp³-hybridized carbons (Fsp3) is 0.778. The Morgan fingerprint density at radius 3 is 2.53 bits per heavy atom. The van der Waals surface area contributed by atoms with E-state index in [-0.39, 0.29) is 18.7 Å². The van der Waals surface area contributed by atoms with E-state index in [0.29, 0.717) is 26.3 Å². The van der Waals surface area contributed by atoms with Crippen LogP contribution >= 0.6 is 12.6 Å². The fourth-order valence-corrected chi connectivity index (χ4v) is 1.48. The zero-order valence-electron chi connectivity index (χ0n) is 8.39. The van der Waals surface area contributed by atoms with Crippen LogP contribution in [0.3, 0.4) is 0 Å². The Balaban J connectivity index is 2.25. The Hall–Kier alpha value is -0.750. The first-order valence-electron chi connectivity index (χ1n) is 4.87. The molecule has 1 amide bonds. The third-order valence-corrected chi connectivity index (χ3v) is 2.76. The molecule has 1 N–H and O–H groups in total.